The maximum absolute atomic E-state index is 10.4. The molecule has 2 N–H and O–H groups in total. The highest BCUT2D eigenvalue weighted by atomic mass is 32.2. The smallest absolute Gasteiger partial charge is 0.0774 e. The van der Waals surface area contributed by atoms with Gasteiger partial charge in [0.15, 0.2) is 0 Å². The molecular formula is C12H23NOS. The zero-order valence-corrected chi connectivity index (χ0v) is 10.5. The Kier molecular flexibility index (Phi) is 3.97. The molecule has 2 fully saturated rings. The van der Waals surface area contributed by atoms with Gasteiger partial charge in [-0.2, -0.15) is 11.8 Å². The van der Waals surface area contributed by atoms with Crippen molar-refractivity contribution in [3.8, 4) is 0 Å². The first-order valence-corrected chi connectivity index (χ1v) is 7.37. The molecule has 3 heteroatoms. The van der Waals surface area contributed by atoms with Crippen LogP contribution in [0.25, 0.3) is 0 Å². The van der Waals surface area contributed by atoms with E-state index in [2.05, 4.69) is 12.2 Å². The molecule has 0 bridgehead atoms. The van der Waals surface area contributed by atoms with Crippen molar-refractivity contribution in [3.05, 3.63) is 0 Å². The maximum atomic E-state index is 10.4. The number of thioether (sulfide) groups is 1. The predicted molar refractivity (Wildman–Crippen MR) is 66.3 cm³/mol. The summed E-state index contributed by atoms with van der Waals surface area (Å²) in [5.74, 6) is 3.21. The van der Waals surface area contributed by atoms with E-state index in [-0.39, 0.29) is 0 Å². The molecule has 1 heterocycles. The van der Waals surface area contributed by atoms with E-state index in [1.165, 1.54) is 30.8 Å². The molecule has 0 radical (unpaired) electrons. The molecule has 2 aliphatic rings. The minimum atomic E-state index is -0.412. The zero-order chi connectivity index (χ0) is 10.7. The molecule has 1 saturated heterocycles. The Bertz CT molecular complexity index is 206. The summed E-state index contributed by atoms with van der Waals surface area (Å²) in [7, 11) is 0. The molecule has 88 valence electrons. The lowest BCUT2D eigenvalue weighted by Crippen LogP contribution is -2.47. The summed E-state index contributed by atoms with van der Waals surface area (Å²) in [6.07, 6.45) is 5.74. The van der Waals surface area contributed by atoms with Gasteiger partial charge in [-0.15, -0.1) is 0 Å². The van der Waals surface area contributed by atoms with Crippen molar-refractivity contribution >= 4 is 11.8 Å². The molecule has 0 spiro atoms. The van der Waals surface area contributed by atoms with Crippen LogP contribution in [0, 0.1) is 5.92 Å². The summed E-state index contributed by atoms with van der Waals surface area (Å²) in [6, 6.07) is 0.649. The van der Waals surface area contributed by atoms with Gasteiger partial charge >= 0.3 is 0 Å². The summed E-state index contributed by atoms with van der Waals surface area (Å²) < 4.78 is 0. The van der Waals surface area contributed by atoms with E-state index >= 15 is 0 Å². The predicted octanol–water partition coefficient (Wildman–Crippen LogP) is 2.02. The van der Waals surface area contributed by atoms with Crippen molar-refractivity contribution in [2.45, 2.75) is 50.7 Å². The summed E-state index contributed by atoms with van der Waals surface area (Å²) >= 11 is 2.02. The van der Waals surface area contributed by atoms with E-state index in [4.69, 9.17) is 0 Å². The monoisotopic (exact) mass is 229 g/mol. The fourth-order valence-corrected chi connectivity index (χ4v) is 4.01. The van der Waals surface area contributed by atoms with Crippen LogP contribution in [-0.2, 0) is 0 Å². The molecule has 1 aliphatic heterocycles. The van der Waals surface area contributed by atoms with Crippen molar-refractivity contribution in [2.24, 2.45) is 5.92 Å². The quantitative estimate of drug-likeness (QED) is 0.776. The van der Waals surface area contributed by atoms with Gasteiger partial charge in [0.1, 0.15) is 0 Å². The lowest BCUT2D eigenvalue weighted by molar-refractivity contribution is -0.0132. The first-order chi connectivity index (χ1) is 7.18. The van der Waals surface area contributed by atoms with Gasteiger partial charge in [-0.1, -0.05) is 19.8 Å². The van der Waals surface area contributed by atoms with Crippen molar-refractivity contribution in [1.29, 1.82) is 0 Å². The third kappa shape index (κ3) is 3.36. The van der Waals surface area contributed by atoms with Gasteiger partial charge in [0.2, 0.25) is 0 Å². The first-order valence-electron chi connectivity index (χ1n) is 6.21. The number of hydrogen-bond donors (Lipinski definition) is 2. The molecule has 2 rings (SSSR count). The second kappa shape index (κ2) is 5.07. The van der Waals surface area contributed by atoms with Crippen LogP contribution in [0.5, 0.6) is 0 Å². The number of rotatable bonds is 3. The second-order valence-electron chi connectivity index (χ2n) is 5.37. The van der Waals surface area contributed by atoms with Crippen LogP contribution in [-0.4, -0.2) is 34.8 Å². The van der Waals surface area contributed by atoms with Gasteiger partial charge in [-0.05, 0) is 30.9 Å². The summed E-state index contributed by atoms with van der Waals surface area (Å²) in [5.41, 5.74) is -0.412. The van der Waals surface area contributed by atoms with Crippen LogP contribution in [0.1, 0.15) is 39.0 Å². The molecule has 15 heavy (non-hydrogen) atoms. The molecule has 3 atom stereocenters. The van der Waals surface area contributed by atoms with Crippen LogP contribution in [0.15, 0.2) is 0 Å². The molecule has 0 aromatic carbocycles. The SMILES string of the molecule is CC1CCCC(O)(CNC2CCSC2)C1. The van der Waals surface area contributed by atoms with Crippen molar-refractivity contribution in [1.82, 2.24) is 5.32 Å². The fourth-order valence-electron chi connectivity index (χ4n) is 2.82. The summed E-state index contributed by atoms with van der Waals surface area (Å²) in [6.45, 7) is 3.07. The molecule has 1 saturated carbocycles. The Balaban J connectivity index is 1.76. The van der Waals surface area contributed by atoms with Crippen LogP contribution in [0.3, 0.4) is 0 Å². The molecule has 1 aliphatic carbocycles. The van der Waals surface area contributed by atoms with E-state index in [9.17, 15) is 5.11 Å². The third-order valence-corrected chi connectivity index (χ3v) is 4.88. The first kappa shape index (κ1) is 11.7. The van der Waals surface area contributed by atoms with Crippen molar-refractivity contribution in [3.63, 3.8) is 0 Å². The summed E-state index contributed by atoms with van der Waals surface area (Å²) in [5, 5.41) is 14.0. The standard InChI is InChI=1S/C12H23NOS/c1-10-3-2-5-12(14,7-10)9-13-11-4-6-15-8-11/h10-11,13-14H,2-9H2,1H3. The van der Waals surface area contributed by atoms with Crippen molar-refractivity contribution in [2.75, 3.05) is 18.1 Å². The topological polar surface area (TPSA) is 32.3 Å². The normalized spacial score (nSPS) is 42.0. The van der Waals surface area contributed by atoms with Gasteiger partial charge in [0.05, 0.1) is 5.60 Å². The van der Waals surface area contributed by atoms with Gasteiger partial charge in [-0.3, -0.25) is 0 Å². The lowest BCUT2D eigenvalue weighted by Gasteiger charge is -2.36. The minimum absolute atomic E-state index is 0.412. The largest absolute Gasteiger partial charge is 0.389 e. The Morgan fingerprint density at radius 3 is 3.00 bits per heavy atom. The van der Waals surface area contributed by atoms with E-state index < -0.39 is 5.60 Å². The van der Waals surface area contributed by atoms with Gasteiger partial charge in [-0.25, -0.2) is 0 Å². The van der Waals surface area contributed by atoms with Crippen LogP contribution in [0.2, 0.25) is 0 Å². The molecular weight excluding hydrogens is 206 g/mol. The van der Waals surface area contributed by atoms with E-state index in [0.717, 1.165) is 19.4 Å². The minimum Gasteiger partial charge on any atom is -0.389 e. The Labute approximate surface area is 97.2 Å². The van der Waals surface area contributed by atoms with Crippen LogP contribution in [0.4, 0.5) is 0 Å². The third-order valence-electron chi connectivity index (χ3n) is 3.72. The zero-order valence-electron chi connectivity index (χ0n) is 9.67. The lowest BCUT2D eigenvalue weighted by atomic mass is 9.79. The number of hydrogen-bond acceptors (Lipinski definition) is 3. The summed E-state index contributed by atoms with van der Waals surface area (Å²) in [4.78, 5) is 0. The number of nitrogens with one attached hydrogen (secondary N) is 1. The van der Waals surface area contributed by atoms with E-state index in [0.29, 0.717) is 12.0 Å². The van der Waals surface area contributed by atoms with Crippen molar-refractivity contribution < 1.29 is 5.11 Å². The molecule has 0 aromatic heterocycles. The Morgan fingerprint density at radius 1 is 1.47 bits per heavy atom. The highest BCUT2D eigenvalue weighted by Gasteiger charge is 2.33. The average molecular weight is 229 g/mol. The van der Waals surface area contributed by atoms with Gasteiger partial charge < -0.3 is 10.4 Å². The fraction of sp³-hybridized carbons (Fsp3) is 1.00. The van der Waals surface area contributed by atoms with Crippen LogP contribution < -0.4 is 5.32 Å². The van der Waals surface area contributed by atoms with Gasteiger partial charge in [0, 0.05) is 18.3 Å². The highest BCUT2D eigenvalue weighted by molar-refractivity contribution is 7.99. The molecule has 0 amide bonds. The van der Waals surface area contributed by atoms with E-state index in [1.54, 1.807) is 0 Å². The molecule has 2 nitrogen and oxygen atoms in total. The molecule has 0 aromatic rings. The average Bonchev–Trinajstić information content (AvgIpc) is 2.67. The van der Waals surface area contributed by atoms with Crippen LogP contribution >= 0.6 is 11.8 Å². The van der Waals surface area contributed by atoms with Gasteiger partial charge in [0.25, 0.3) is 0 Å². The highest BCUT2D eigenvalue weighted by Crippen LogP contribution is 2.32. The Hall–Kier alpha value is 0.270. The second-order valence-corrected chi connectivity index (χ2v) is 6.52. The van der Waals surface area contributed by atoms with E-state index in [1.807, 2.05) is 11.8 Å². The number of aliphatic hydroxyl groups is 1. The Morgan fingerprint density at radius 2 is 2.33 bits per heavy atom. The molecule has 3 unspecified atom stereocenters. The maximum Gasteiger partial charge on any atom is 0.0774 e.